The van der Waals surface area contributed by atoms with Gasteiger partial charge in [-0.3, -0.25) is 4.79 Å². The van der Waals surface area contributed by atoms with Crippen molar-refractivity contribution in [3.8, 4) is 0 Å². The van der Waals surface area contributed by atoms with E-state index in [1.807, 2.05) is 0 Å². The first-order chi connectivity index (χ1) is 12.5. The van der Waals surface area contributed by atoms with E-state index in [1.165, 1.54) is 18.7 Å². The van der Waals surface area contributed by atoms with Crippen LogP contribution in [0.4, 0.5) is 13.2 Å². The van der Waals surface area contributed by atoms with Crippen LogP contribution < -0.4 is 5.73 Å². The topological polar surface area (TPSA) is 80.5 Å². The van der Waals surface area contributed by atoms with E-state index in [4.69, 9.17) is 5.73 Å². The van der Waals surface area contributed by atoms with E-state index in [1.54, 1.807) is 0 Å². The van der Waals surface area contributed by atoms with Crippen LogP contribution >= 0.6 is 0 Å². The highest BCUT2D eigenvalue weighted by atomic mass is 32.2. The molecule has 1 aliphatic rings. The number of halogens is 3. The van der Waals surface area contributed by atoms with Gasteiger partial charge in [-0.2, -0.15) is 0 Å². The predicted octanol–water partition coefficient (Wildman–Crippen LogP) is 2.04. The second-order valence-electron chi connectivity index (χ2n) is 7.30. The minimum absolute atomic E-state index is 0.0166. The van der Waals surface area contributed by atoms with Crippen molar-refractivity contribution in [2.24, 2.45) is 11.7 Å². The third-order valence-corrected chi connectivity index (χ3v) is 7.17. The van der Waals surface area contributed by atoms with Gasteiger partial charge in [-0.1, -0.05) is 0 Å². The summed E-state index contributed by atoms with van der Waals surface area (Å²) >= 11 is 0. The Labute approximate surface area is 157 Å². The molecule has 1 fully saturated rings. The van der Waals surface area contributed by atoms with Gasteiger partial charge in [0.2, 0.25) is 5.91 Å². The lowest BCUT2D eigenvalue weighted by Crippen LogP contribution is -2.46. The minimum Gasteiger partial charge on any atom is -0.342 e. The van der Waals surface area contributed by atoms with E-state index in [-0.39, 0.29) is 17.9 Å². The Morgan fingerprint density at radius 1 is 1.15 bits per heavy atom. The maximum atomic E-state index is 13.8. The lowest BCUT2D eigenvalue weighted by Gasteiger charge is -2.35. The second kappa shape index (κ2) is 8.60. The highest BCUT2D eigenvalue weighted by Gasteiger charge is 2.30. The molecule has 1 aromatic rings. The molecule has 1 aromatic carbocycles. The van der Waals surface area contributed by atoms with Gasteiger partial charge in [0.1, 0.15) is 11.6 Å². The molecule has 1 amide bonds. The maximum Gasteiger partial charge on any atom is 0.237 e. The molecule has 1 saturated heterocycles. The number of benzene rings is 1. The molecule has 0 radical (unpaired) electrons. The zero-order valence-electron chi connectivity index (χ0n) is 15.4. The Morgan fingerprint density at radius 2 is 1.70 bits per heavy atom. The average molecular weight is 406 g/mol. The summed E-state index contributed by atoms with van der Waals surface area (Å²) in [7, 11) is -3.45. The molecule has 1 unspecified atom stereocenters. The van der Waals surface area contributed by atoms with E-state index in [9.17, 15) is 26.4 Å². The summed E-state index contributed by atoms with van der Waals surface area (Å²) in [6.07, 6.45) is 1.14. The fourth-order valence-electron chi connectivity index (χ4n) is 3.15. The van der Waals surface area contributed by atoms with E-state index < -0.39 is 50.2 Å². The van der Waals surface area contributed by atoms with Crippen molar-refractivity contribution in [3.63, 3.8) is 0 Å². The molecule has 1 aliphatic heterocycles. The van der Waals surface area contributed by atoms with Crippen LogP contribution in [-0.4, -0.2) is 49.4 Å². The molecule has 27 heavy (non-hydrogen) atoms. The zero-order chi connectivity index (χ0) is 20.4. The molecule has 0 bridgehead atoms. The van der Waals surface area contributed by atoms with E-state index in [2.05, 4.69) is 0 Å². The van der Waals surface area contributed by atoms with Gasteiger partial charge in [0.15, 0.2) is 21.5 Å². The SMILES string of the molecule is CC(C)S(=O)(=O)CC(=O)N1CCC(C(N)Cc2cc(F)c(F)cc2F)CC1. The van der Waals surface area contributed by atoms with Gasteiger partial charge in [0.25, 0.3) is 0 Å². The van der Waals surface area contributed by atoms with Crippen molar-refractivity contribution in [3.05, 3.63) is 35.1 Å². The van der Waals surface area contributed by atoms with Crippen LogP contribution in [0.15, 0.2) is 12.1 Å². The van der Waals surface area contributed by atoms with Crippen molar-refractivity contribution in [2.45, 2.75) is 44.4 Å². The number of carbonyl (C=O) groups excluding carboxylic acids is 1. The van der Waals surface area contributed by atoms with E-state index in [0.717, 1.165) is 6.07 Å². The highest BCUT2D eigenvalue weighted by Crippen LogP contribution is 2.24. The number of nitrogens with zero attached hydrogens (tertiary/aromatic N) is 1. The fourth-order valence-corrected chi connectivity index (χ4v) is 4.01. The standard InChI is InChI=1S/C18H25F3N2O3S/c1-11(2)27(25,26)10-18(24)23-5-3-12(4-6-23)17(22)8-13-7-15(20)16(21)9-14(13)19/h7,9,11-12,17H,3-6,8,10,22H2,1-2H3. The molecule has 5 nitrogen and oxygen atoms in total. The lowest BCUT2D eigenvalue weighted by molar-refractivity contribution is -0.129. The summed E-state index contributed by atoms with van der Waals surface area (Å²) in [4.78, 5) is 13.7. The van der Waals surface area contributed by atoms with Gasteiger partial charge in [-0.25, -0.2) is 21.6 Å². The summed E-state index contributed by atoms with van der Waals surface area (Å²) in [5.74, 6) is -4.17. The number of likely N-dealkylation sites (tertiary alicyclic amines) is 1. The van der Waals surface area contributed by atoms with Crippen LogP contribution in [0.2, 0.25) is 0 Å². The summed E-state index contributed by atoms with van der Waals surface area (Å²) < 4.78 is 63.9. The summed E-state index contributed by atoms with van der Waals surface area (Å²) in [6.45, 7) is 3.80. The highest BCUT2D eigenvalue weighted by molar-refractivity contribution is 7.92. The van der Waals surface area contributed by atoms with Crippen molar-refractivity contribution >= 4 is 15.7 Å². The second-order valence-corrected chi connectivity index (χ2v) is 9.86. The number of hydrogen-bond acceptors (Lipinski definition) is 4. The van der Waals surface area contributed by atoms with Crippen molar-refractivity contribution in [2.75, 3.05) is 18.8 Å². The summed E-state index contributed by atoms with van der Waals surface area (Å²) in [5.41, 5.74) is 6.13. The van der Waals surface area contributed by atoms with E-state index in [0.29, 0.717) is 32.0 Å². The first-order valence-corrected chi connectivity index (χ1v) is 10.6. The van der Waals surface area contributed by atoms with Gasteiger partial charge in [0.05, 0.1) is 5.25 Å². The molecule has 2 rings (SSSR count). The summed E-state index contributed by atoms with van der Waals surface area (Å²) in [5, 5.41) is -0.613. The molecule has 0 aliphatic carbocycles. The third kappa shape index (κ3) is 5.44. The van der Waals surface area contributed by atoms with Crippen LogP contribution in [0.25, 0.3) is 0 Å². The largest absolute Gasteiger partial charge is 0.342 e. The molecule has 9 heteroatoms. The maximum absolute atomic E-state index is 13.8. The van der Waals surface area contributed by atoms with Crippen LogP contribution in [0.3, 0.4) is 0 Å². The Kier molecular flexibility index (Phi) is 6.91. The molecule has 0 aromatic heterocycles. The molecule has 1 atom stereocenters. The molecule has 0 saturated carbocycles. The first-order valence-electron chi connectivity index (χ1n) is 8.89. The first kappa shape index (κ1) is 21.7. The van der Waals surface area contributed by atoms with Crippen LogP contribution in [0, 0.1) is 23.4 Å². The third-order valence-electron chi connectivity index (χ3n) is 5.09. The normalized spacial score (nSPS) is 17.4. The average Bonchev–Trinajstić information content (AvgIpc) is 2.59. The van der Waals surface area contributed by atoms with Crippen molar-refractivity contribution in [1.82, 2.24) is 4.90 Å². The molecule has 2 N–H and O–H groups in total. The molecular weight excluding hydrogens is 381 g/mol. The Morgan fingerprint density at radius 3 is 2.26 bits per heavy atom. The van der Waals surface area contributed by atoms with E-state index >= 15 is 0 Å². The number of piperidine rings is 1. The van der Waals surface area contributed by atoms with Gasteiger partial charge >= 0.3 is 0 Å². The van der Waals surface area contributed by atoms with Crippen molar-refractivity contribution < 1.29 is 26.4 Å². The lowest BCUT2D eigenvalue weighted by atomic mass is 9.86. The predicted molar refractivity (Wildman–Crippen MR) is 96.2 cm³/mol. The quantitative estimate of drug-likeness (QED) is 0.733. The summed E-state index contributed by atoms with van der Waals surface area (Å²) in [6, 6.07) is 0.856. The van der Waals surface area contributed by atoms with Gasteiger partial charge < -0.3 is 10.6 Å². The molecule has 152 valence electrons. The Hall–Kier alpha value is -1.61. The van der Waals surface area contributed by atoms with Crippen LogP contribution in [-0.2, 0) is 21.1 Å². The smallest absolute Gasteiger partial charge is 0.237 e. The Bertz CT molecular complexity index is 791. The van der Waals surface area contributed by atoms with Crippen molar-refractivity contribution in [1.29, 1.82) is 0 Å². The van der Waals surface area contributed by atoms with Gasteiger partial charge in [-0.15, -0.1) is 0 Å². The zero-order valence-corrected chi connectivity index (χ0v) is 16.2. The molecule has 1 heterocycles. The monoisotopic (exact) mass is 406 g/mol. The number of hydrogen-bond donors (Lipinski definition) is 1. The molecule has 0 spiro atoms. The number of carbonyl (C=O) groups is 1. The number of amides is 1. The van der Waals surface area contributed by atoms with Crippen LogP contribution in [0.1, 0.15) is 32.3 Å². The minimum atomic E-state index is -3.45. The number of sulfone groups is 1. The number of rotatable bonds is 6. The molecular formula is C18H25F3N2O3S. The van der Waals surface area contributed by atoms with Crippen LogP contribution in [0.5, 0.6) is 0 Å². The fraction of sp³-hybridized carbons (Fsp3) is 0.611. The van der Waals surface area contributed by atoms with Gasteiger partial charge in [0, 0.05) is 25.2 Å². The van der Waals surface area contributed by atoms with Gasteiger partial charge in [-0.05, 0) is 50.7 Å². The number of nitrogens with two attached hydrogens (primary N) is 1. The Balaban J connectivity index is 1.91.